The quantitative estimate of drug-likeness (QED) is 0.680. The second kappa shape index (κ2) is 5.24. The van der Waals surface area contributed by atoms with Gasteiger partial charge in [-0.1, -0.05) is 0 Å². The second-order valence-corrected chi connectivity index (χ2v) is 4.34. The smallest absolute Gasteiger partial charge is 0.341 e. The van der Waals surface area contributed by atoms with Crippen molar-refractivity contribution in [2.75, 3.05) is 7.11 Å². The lowest BCUT2D eigenvalue weighted by molar-refractivity contribution is 0.0600. The first kappa shape index (κ1) is 13.7. The van der Waals surface area contributed by atoms with Crippen LogP contribution in [0.2, 0.25) is 0 Å². The van der Waals surface area contributed by atoms with Crippen LogP contribution in [-0.4, -0.2) is 32.6 Å². The zero-order chi connectivity index (χ0) is 15.7. The number of aromatic nitrogens is 4. The van der Waals surface area contributed by atoms with Crippen LogP contribution in [0.15, 0.2) is 46.2 Å². The number of methoxy groups -OCH3 is 1. The highest BCUT2D eigenvalue weighted by Crippen LogP contribution is 2.10. The summed E-state index contributed by atoms with van der Waals surface area (Å²) in [5, 5.41) is 0.212. The third-order valence-electron chi connectivity index (χ3n) is 3.07. The number of pyridine rings is 2. The van der Waals surface area contributed by atoms with Crippen LogP contribution in [0.25, 0.3) is 16.9 Å². The summed E-state index contributed by atoms with van der Waals surface area (Å²) in [7, 11) is 1.20. The predicted octanol–water partition coefficient (Wildman–Crippen LogP) is 0.256. The maximum Gasteiger partial charge on any atom is 0.341 e. The van der Waals surface area contributed by atoms with E-state index in [1.54, 1.807) is 6.07 Å². The van der Waals surface area contributed by atoms with Gasteiger partial charge in [-0.3, -0.25) is 9.78 Å². The molecule has 0 spiro atoms. The number of fused-ring (bicyclic) bond motifs is 1. The van der Waals surface area contributed by atoms with Crippen LogP contribution in [0.1, 0.15) is 10.4 Å². The number of H-pyrrole nitrogens is 1. The van der Waals surface area contributed by atoms with Gasteiger partial charge in [-0.15, -0.1) is 0 Å². The van der Waals surface area contributed by atoms with Gasteiger partial charge >= 0.3 is 11.7 Å². The standard InChI is InChI=1S/C14H10N4O4/c1-22-13(20)9-5-3-7-16-11(9)18-12(19)8-4-2-6-15-10(8)17-14(18)21/h2-7H,1H3,(H,15,17,21). The number of nitrogens with zero attached hydrogens (tertiary/aromatic N) is 3. The molecule has 3 aromatic rings. The van der Waals surface area contributed by atoms with Crippen molar-refractivity contribution in [3.05, 3.63) is 63.1 Å². The van der Waals surface area contributed by atoms with Crippen LogP contribution in [0.3, 0.4) is 0 Å². The largest absolute Gasteiger partial charge is 0.465 e. The molecule has 0 aliphatic carbocycles. The van der Waals surface area contributed by atoms with Crippen LogP contribution in [0.4, 0.5) is 0 Å². The lowest BCUT2D eigenvalue weighted by Crippen LogP contribution is -2.35. The molecule has 0 atom stereocenters. The molecule has 3 aromatic heterocycles. The molecule has 8 heteroatoms. The fourth-order valence-electron chi connectivity index (χ4n) is 2.08. The molecule has 1 N–H and O–H groups in total. The maximum absolute atomic E-state index is 12.5. The molecule has 110 valence electrons. The normalized spacial score (nSPS) is 10.6. The van der Waals surface area contributed by atoms with E-state index in [1.165, 1.54) is 37.7 Å². The van der Waals surface area contributed by atoms with Crippen LogP contribution in [0, 0.1) is 0 Å². The van der Waals surface area contributed by atoms with Crippen LogP contribution in [-0.2, 0) is 4.74 Å². The van der Waals surface area contributed by atoms with E-state index in [0.717, 1.165) is 4.57 Å². The molecule has 0 aliphatic rings. The zero-order valence-electron chi connectivity index (χ0n) is 11.4. The van der Waals surface area contributed by atoms with Gasteiger partial charge in [-0.05, 0) is 24.3 Å². The summed E-state index contributed by atoms with van der Waals surface area (Å²) >= 11 is 0. The maximum atomic E-state index is 12.5. The number of hydrogen-bond acceptors (Lipinski definition) is 6. The lowest BCUT2D eigenvalue weighted by Gasteiger charge is -2.08. The fourth-order valence-corrected chi connectivity index (χ4v) is 2.08. The second-order valence-electron chi connectivity index (χ2n) is 4.34. The minimum absolute atomic E-state index is 0.0147. The molecule has 0 unspecified atom stereocenters. The van der Waals surface area contributed by atoms with E-state index in [9.17, 15) is 14.4 Å². The predicted molar refractivity (Wildman–Crippen MR) is 77.1 cm³/mol. The third kappa shape index (κ3) is 2.06. The van der Waals surface area contributed by atoms with E-state index in [1.807, 2.05) is 0 Å². The van der Waals surface area contributed by atoms with Gasteiger partial charge in [0.25, 0.3) is 5.56 Å². The molecule has 0 radical (unpaired) electrons. The lowest BCUT2D eigenvalue weighted by atomic mass is 10.2. The van der Waals surface area contributed by atoms with E-state index < -0.39 is 17.2 Å². The number of carbonyl (C=O) groups is 1. The van der Waals surface area contributed by atoms with Gasteiger partial charge in [0.2, 0.25) is 0 Å². The van der Waals surface area contributed by atoms with Crippen LogP contribution in [0.5, 0.6) is 0 Å². The average Bonchev–Trinajstić information content (AvgIpc) is 2.54. The molecule has 3 heterocycles. The van der Waals surface area contributed by atoms with Crippen LogP contribution < -0.4 is 11.2 Å². The number of rotatable bonds is 2. The van der Waals surface area contributed by atoms with E-state index in [-0.39, 0.29) is 22.4 Å². The SMILES string of the molecule is COC(=O)c1cccnc1-n1c(=O)[nH]c2ncccc2c1=O. The Hall–Kier alpha value is -3.29. The minimum Gasteiger partial charge on any atom is -0.465 e. The molecule has 22 heavy (non-hydrogen) atoms. The molecular formula is C14H10N4O4. The fraction of sp³-hybridized carbons (Fsp3) is 0.0714. The van der Waals surface area contributed by atoms with Gasteiger partial charge in [0, 0.05) is 12.4 Å². The first-order valence-electron chi connectivity index (χ1n) is 6.27. The van der Waals surface area contributed by atoms with Gasteiger partial charge in [0.1, 0.15) is 11.2 Å². The minimum atomic E-state index is -0.736. The Bertz CT molecular complexity index is 990. The van der Waals surface area contributed by atoms with Crippen molar-refractivity contribution in [1.29, 1.82) is 0 Å². The molecule has 0 aromatic carbocycles. The van der Waals surface area contributed by atoms with E-state index >= 15 is 0 Å². The van der Waals surface area contributed by atoms with Crippen molar-refractivity contribution in [2.24, 2.45) is 0 Å². The van der Waals surface area contributed by atoms with Gasteiger partial charge < -0.3 is 4.74 Å². The van der Waals surface area contributed by atoms with Crippen molar-refractivity contribution >= 4 is 17.0 Å². The molecule has 0 saturated carbocycles. The van der Waals surface area contributed by atoms with Gasteiger partial charge in [0.15, 0.2) is 5.82 Å². The highest BCUT2D eigenvalue weighted by atomic mass is 16.5. The van der Waals surface area contributed by atoms with E-state index in [4.69, 9.17) is 0 Å². The molecule has 0 aliphatic heterocycles. The Labute approximate surface area is 123 Å². The number of carbonyl (C=O) groups excluding carboxylic acids is 1. The van der Waals surface area contributed by atoms with Gasteiger partial charge in [-0.2, -0.15) is 0 Å². The molecule has 0 amide bonds. The monoisotopic (exact) mass is 298 g/mol. The number of nitrogens with one attached hydrogen (secondary N) is 1. The average molecular weight is 298 g/mol. The molecule has 3 rings (SSSR count). The third-order valence-corrected chi connectivity index (χ3v) is 3.07. The molecule has 0 saturated heterocycles. The summed E-state index contributed by atoms with van der Waals surface area (Å²) < 4.78 is 5.43. The Morgan fingerprint density at radius 2 is 1.91 bits per heavy atom. The summed E-state index contributed by atoms with van der Waals surface area (Å²) in [6.07, 6.45) is 2.84. The van der Waals surface area contributed by atoms with Crippen molar-refractivity contribution in [1.82, 2.24) is 19.5 Å². The Morgan fingerprint density at radius 1 is 1.18 bits per heavy atom. The summed E-state index contributed by atoms with van der Waals surface area (Å²) in [5.74, 6) is -0.785. The molecule has 0 fully saturated rings. The molecule has 0 bridgehead atoms. The summed E-state index contributed by atoms with van der Waals surface area (Å²) in [6.45, 7) is 0. The number of esters is 1. The topological polar surface area (TPSA) is 107 Å². The van der Waals surface area contributed by atoms with E-state index in [0.29, 0.717) is 0 Å². The summed E-state index contributed by atoms with van der Waals surface area (Å²) in [4.78, 5) is 46.9. The van der Waals surface area contributed by atoms with Crippen molar-refractivity contribution in [2.45, 2.75) is 0 Å². The number of ether oxygens (including phenoxy) is 1. The van der Waals surface area contributed by atoms with Gasteiger partial charge in [0.05, 0.1) is 12.5 Å². The number of hydrogen-bond donors (Lipinski definition) is 1. The first-order valence-corrected chi connectivity index (χ1v) is 6.27. The van der Waals surface area contributed by atoms with Crippen molar-refractivity contribution in [3.8, 4) is 5.82 Å². The summed E-state index contributed by atoms with van der Waals surface area (Å²) in [5.41, 5.74) is -1.17. The highest BCUT2D eigenvalue weighted by Gasteiger charge is 2.18. The van der Waals surface area contributed by atoms with Crippen LogP contribution >= 0.6 is 0 Å². The summed E-state index contributed by atoms with van der Waals surface area (Å²) in [6, 6.07) is 6.04. The molecular weight excluding hydrogens is 288 g/mol. The van der Waals surface area contributed by atoms with Crippen molar-refractivity contribution < 1.29 is 9.53 Å². The first-order chi connectivity index (χ1) is 10.6. The molecule has 8 nitrogen and oxygen atoms in total. The Kier molecular flexibility index (Phi) is 3.26. The van der Waals surface area contributed by atoms with E-state index in [2.05, 4.69) is 19.7 Å². The Balaban J connectivity index is 2.40. The van der Waals surface area contributed by atoms with Gasteiger partial charge in [-0.25, -0.2) is 24.1 Å². The highest BCUT2D eigenvalue weighted by molar-refractivity contribution is 5.92. The Morgan fingerprint density at radius 3 is 2.68 bits per heavy atom. The number of aromatic amines is 1. The van der Waals surface area contributed by atoms with Crippen molar-refractivity contribution in [3.63, 3.8) is 0 Å². The zero-order valence-corrected chi connectivity index (χ0v) is 11.4.